The van der Waals surface area contributed by atoms with Gasteiger partial charge in [0.1, 0.15) is 0 Å². The van der Waals surface area contributed by atoms with E-state index in [0.29, 0.717) is 16.8 Å². The molecule has 2 rings (SSSR count). The minimum Gasteiger partial charge on any atom is -0.325 e. The van der Waals surface area contributed by atoms with Crippen molar-refractivity contribution in [3.05, 3.63) is 27.7 Å². The molecule has 0 spiro atoms. The maximum absolute atomic E-state index is 12.1. The summed E-state index contributed by atoms with van der Waals surface area (Å²) in [7, 11) is 0. The summed E-state index contributed by atoms with van der Waals surface area (Å²) in [5.41, 5.74) is 0.677. The molecule has 2 N–H and O–H groups in total. The summed E-state index contributed by atoms with van der Waals surface area (Å²) in [6.45, 7) is 3.00. The molecule has 18 heavy (non-hydrogen) atoms. The molecule has 0 aromatic heterocycles. The van der Waals surface area contributed by atoms with Crippen molar-refractivity contribution in [1.82, 2.24) is 5.32 Å². The van der Waals surface area contributed by atoms with Gasteiger partial charge in [-0.3, -0.25) is 4.79 Å². The van der Waals surface area contributed by atoms with Crippen LogP contribution in [0, 0.1) is 5.92 Å². The van der Waals surface area contributed by atoms with E-state index < -0.39 is 0 Å². The molecule has 1 aliphatic rings. The van der Waals surface area contributed by atoms with Gasteiger partial charge in [0.15, 0.2) is 0 Å². The highest BCUT2D eigenvalue weighted by Gasteiger charge is 2.24. The lowest BCUT2D eigenvalue weighted by Crippen LogP contribution is -2.40. The van der Waals surface area contributed by atoms with Crippen molar-refractivity contribution in [2.45, 2.75) is 25.8 Å². The summed E-state index contributed by atoms with van der Waals surface area (Å²) >= 11 is 9.43. The Kier molecular flexibility index (Phi) is 4.65. The quantitative estimate of drug-likeness (QED) is 0.872. The van der Waals surface area contributed by atoms with Crippen molar-refractivity contribution in [2.24, 2.45) is 5.92 Å². The lowest BCUT2D eigenvalue weighted by atomic mass is 9.92. The van der Waals surface area contributed by atoms with Gasteiger partial charge in [0.25, 0.3) is 0 Å². The Labute approximate surface area is 120 Å². The molecule has 1 saturated heterocycles. The monoisotopic (exact) mass is 330 g/mol. The minimum atomic E-state index is 0.0626. The molecule has 3 nitrogen and oxygen atoms in total. The summed E-state index contributed by atoms with van der Waals surface area (Å²) in [5, 5.41) is 6.80. The summed E-state index contributed by atoms with van der Waals surface area (Å²) in [5.74, 6) is 0.133. The van der Waals surface area contributed by atoms with Crippen molar-refractivity contribution in [2.75, 3.05) is 11.9 Å². The number of hydrogen-bond donors (Lipinski definition) is 2. The number of carbonyl (C=O) groups is 1. The van der Waals surface area contributed by atoms with Crippen LogP contribution in [0.25, 0.3) is 0 Å². The zero-order valence-electron chi connectivity index (χ0n) is 10.2. The number of benzene rings is 1. The molecule has 0 radical (unpaired) electrons. The van der Waals surface area contributed by atoms with Crippen LogP contribution in [0.2, 0.25) is 5.02 Å². The average Bonchev–Trinajstić information content (AvgIpc) is 2.32. The molecule has 1 aromatic rings. The highest BCUT2D eigenvalue weighted by molar-refractivity contribution is 9.10. The highest BCUT2D eigenvalue weighted by atomic mass is 79.9. The van der Waals surface area contributed by atoms with E-state index >= 15 is 0 Å². The standard InChI is InChI=1S/C13H16BrClN2O/c1-8-6-9(4-5-16-8)13(18)17-12-3-2-10(14)7-11(12)15/h2-3,7-9,16H,4-6H2,1H3,(H,17,18). The predicted molar refractivity (Wildman–Crippen MR) is 78.0 cm³/mol. The Hall–Kier alpha value is -0.580. The number of amides is 1. The van der Waals surface area contributed by atoms with E-state index in [1.165, 1.54) is 0 Å². The van der Waals surface area contributed by atoms with E-state index in [2.05, 4.69) is 33.5 Å². The normalized spacial score (nSPS) is 23.7. The fraction of sp³-hybridized carbons (Fsp3) is 0.462. The van der Waals surface area contributed by atoms with Gasteiger partial charge in [0, 0.05) is 16.4 Å². The molecule has 0 aliphatic carbocycles. The third-order valence-corrected chi connectivity index (χ3v) is 3.99. The van der Waals surface area contributed by atoms with Crippen LogP contribution in [0.4, 0.5) is 5.69 Å². The smallest absolute Gasteiger partial charge is 0.227 e. The predicted octanol–water partition coefficient (Wildman–Crippen LogP) is 3.43. The van der Waals surface area contributed by atoms with E-state index in [-0.39, 0.29) is 11.8 Å². The van der Waals surface area contributed by atoms with Gasteiger partial charge in [-0.05, 0) is 44.5 Å². The van der Waals surface area contributed by atoms with Gasteiger partial charge in [0.2, 0.25) is 5.91 Å². The van der Waals surface area contributed by atoms with E-state index in [1.807, 2.05) is 12.1 Å². The molecular formula is C13H16BrClN2O. The Bertz CT molecular complexity index is 453. The van der Waals surface area contributed by atoms with E-state index in [0.717, 1.165) is 23.9 Å². The van der Waals surface area contributed by atoms with Gasteiger partial charge in [-0.25, -0.2) is 0 Å². The molecular weight excluding hydrogens is 316 g/mol. The molecule has 1 amide bonds. The maximum atomic E-state index is 12.1. The molecule has 1 heterocycles. The van der Waals surface area contributed by atoms with Gasteiger partial charge >= 0.3 is 0 Å². The van der Waals surface area contributed by atoms with Crippen LogP contribution in [0.1, 0.15) is 19.8 Å². The fourth-order valence-electron chi connectivity index (χ4n) is 2.20. The summed E-state index contributed by atoms with van der Waals surface area (Å²) in [6.07, 6.45) is 1.75. The van der Waals surface area contributed by atoms with Crippen molar-refractivity contribution in [1.29, 1.82) is 0 Å². The van der Waals surface area contributed by atoms with Crippen LogP contribution >= 0.6 is 27.5 Å². The molecule has 1 aliphatic heterocycles. The molecule has 5 heteroatoms. The van der Waals surface area contributed by atoms with Crippen LogP contribution in [-0.4, -0.2) is 18.5 Å². The second kappa shape index (κ2) is 6.04. The highest BCUT2D eigenvalue weighted by Crippen LogP contribution is 2.27. The minimum absolute atomic E-state index is 0.0626. The SMILES string of the molecule is CC1CC(C(=O)Nc2ccc(Br)cc2Cl)CCN1. The molecule has 0 bridgehead atoms. The fourth-order valence-corrected chi connectivity index (χ4v) is 2.92. The first-order valence-corrected chi connectivity index (χ1v) is 7.22. The summed E-state index contributed by atoms with van der Waals surface area (Å²) in [4.78, 5) is 12.1. The second-order valence-corrected chi connectivity index (χ2v) is 6.01. The van der Waals surface area contributed by atoms with Crippen molar-refractivity contribution < 1.29 is 4.79 Å². The van der Waals surface area contributed by atoms with Crippen LogP contribution in [0.15, 0.2) is 22.7 Å². The topological polar surface area (TPSA) is 41.1 Å². The zero-order chi connectivity index (χ0) is 13.1. The number of nitrogens with one attached hydrogen (secondary N) is 2. The molecule has 98 valence electrons. The zero-order valence-corrected chi connectivity index (χ0v) is 12.5. The Morgan fingerprint density at radius 2 is 2.33 bits per heavy atom. The first kappa shape index (κ1) is 13.8. The Morgan fingerprint density at radius 3 is 3.00 bits per heavy atom. The van der Waals surface area contributed by atoms with Crippen LogP contribution in [0.5, 0.6) is 0 Å². The van der Waals surface area contributed by atoms with Crippen molar-refractivity contribution >= 4 is 39.1 Å². The van der Waals surface area contributed by atoms with E-state index in [4.69, 9.17) is 11.6 Å². The third kappa shape index (κ3) is 3.46. The van der Waals surface area contributed by atoms with Crippen LogP contribution in [-0.2, 0) is 4.79 Å². The number of piperidine rings is 1. The Balaban J connectivity index is 2.02. The van der Waals surface area contributed by atoms with Gasteiger partial charge in [0.05, 0.1) is 10.7 Å². The maximum Gasteiger partial charge on any atom is 0.227 e. The molecule has 1 aromatic carbocycles. The third-order valence-electron chi connectivity index (χ3n) is 3.18. The number of hydrogen-bond acceptors (Lipinski definition) is 2. The van der Waals surface area contributed by atoms with Gasteiger partial charge in [-0.1, -0.05) is 27.5 Å². The molecule has 2 unspecified atom stereocenters. The number of halogens is 2. The lowest BCUT2D eigenvalue weighted by Gasteiger charge is -2.27. The van der Waals surface area contributed by atoms with Gasteiger partial charge < -0.3 is 10.6 Å². The molecule has 1 fully saturated rings. The summed E-state index contributed by atoms with van der Waals surface area (Å²) in [6, 6.07) is 5.86. The van der Waals surface area contributed by atoms with Gasteiger partial charge in [-0.2, -0.15) is 0 Å². The largest absolute Gasteiger partial charge is 0.325 e. The van der Waals surface area contributed by atoms with E-state index in [9.17, 15) is 4.79 Å². The summed E-state index contributed by atoms with van der Waals surface area (Å²) < 4.78 is 0.904. The number of anilines is 1. The van der Waals surface area contributed by atoms with Gasteiger partial charge in [-0.15, -0.1) is 0 Å². The lowest BCUT2D eigenvalue weighted by molar-refractivity contribution is -0.120. The second-order valence-electron chi connectivity index (χ2n) is 4.69. The van der Waals surface area contributed by atoms with Crippen LogP contribution < -0.4 is 10.6 Å². The molecule has 2 atom stereocenters. The van der Waals surface area contributed by atoms with Crippen molar-refractivity contribution in [3.8, 4) is 0 Å². The first-order chi connectivity index (χ1) is 8.56. The average molecular weight is 332 g/mol. The Morgan fingerprint density at radius 1 is 1.56 bits per heavy atom. The molecule has 0 saturated carbocycles. The van der Waals surface area contributed by atoms with E-state index in [1.54, 1.807) is 6.07 Å². The van der Waals surface area contributed by atoms with Crippen LogP contribution in [0.3, 0.4) is 0 Å². The first-order valence-electron chi connectivity index (χ1n) is 6.05. The number of rotatable bonds is 2. The van der Waals surface area contributed by atoms with Crippen molar-refractivity contribution in [3.63, 3.8) is 0 Å². The number of carbonyl (C=O) groups excluding carboxylic acids is 1.